The highest BCUT2D eigenvalue weighted by Gasteiger charge is 2.41. The van der Waals surface area contributed by atoms with Crippen LogP contribution in [0, 0.1) is 0 Å². The molecule has 1 aliphatic heterocycles. The first-order valence-electron chi connectivity index (χ1n) is 13.2. The topological polar surface area (TPSA) is 196 Å². The third kappa shape index (κ3) is 8.90. The summed E-state index contributed by atoms with van der Waals surface area (Å²) in [6, 6.07) is 9.87. The van der Waals surface area contributed by atoms with E-state index in [1.165, 1.54) is 12.7 Å². The Bertz CT molecular complexity index is 1410. The van der Waals surface area contributed by atoms with Gasteiger partial charge in [0.2, 0.25) is 0 Å². The van der Waals surface area contributed by atoms with Crippen LogP contribution in [0.1, 0.15) is 50.8 Å². The van der Waals surface area contributed by atoms with E-state index >= 15 is 0 Å². The zero-order chi connectivity index (χ0) is 29.2. The molecule has 14 nitrogen and oxygen atoms in total. The number of carbonyl (C=O) groups is 1. The number of nitrogens with one attached hydrogen (secondary N) is 1. The van der Waals surface area contributed by atoms with Crippen LogP contribution in [0.4, 0.5) is 5.82 Å². The lowest BCUT2D eigenvalue weighted by atomic mass is 10.1. The highest BCUT2D eigenvalue weighted by Crippen LogP contribution is 2.44. The van der Waals surface area contributed by atoms with Crippen molar-refractivity contribution >= 4 is 43.0 Å². The number of rotatable bonds is 14. The van der Waals surface area contributed by atoms with Gasteiger partial charge in [-0.2, -0.15) is 0 Å². The van der Waals surface area contributed by atoms with Crippen molar-refractivity contribution in [2.24, 2.45) is 5.16 Å². The predicted molar refractivity (Wildman–Crippen MR) is 151 cm³/mol. The second-order valence-electron chi connectivity index (χ2n) is 9.48. The Morgan fingerprint density at radius 3 is 2.83 bits per heavy atom. The molecule has 3 heterocycles. The number of anilines is 1. The van der Waals surface area contributed by atoms with Crippen molar-refractivity contribution in [3.63, 3.8) is 0 Å². The third-order valence-corrected chi connectivity index (χ3v) is 6.91. The standard InChI is InChI=1S/C26H34N7O7P/c1-2-3-5-10-19(11-18-8-6-4-7-9-18)13-32-38-15-22(34)28-14-21-20(40-41(35,36)37)12-23(39-21)33-17-31-24-25(27)29-16-30-26(24)33/h4,6-9,11,13,16-17,20-21,23H,2-3,5,10,12,14-15H2,1H3,(H,28,34)(H2,27,29,30)(H2,35,36,37)/b19-11-,32-13+/t20-,21+,23+/m0/s1. The van der Waals surface area contributed by atoms with Crippen LogP contribution in [-0.4, -0.2) is 66.8 Å². The average molecular weight is 588 g/mol. The average Bonchev–Trinajstić information content (AvgIpc) is 3.54. The molecule has 15 heteroatoms. The van der Waals surface area contributed by atoms with E-state index in [4.69, 9.17) is 19.8 Å². The zero-order valence-electron chi connectivity index (χ0n) is 22.6. The lowest BCUT2D eigenvalue weighted by Crippen LogP contribution is -2.39. The molecule has 0 unspecified atom stereocenters. The minimum atomic E-state index is -4.84. The number of amides is 1. The van der Waals surface area contributed by atoms with Crippen LogP contribution in [0.3, 0.4) is 0 Å². The molecule has 41 heavy (non-hydrogen) atoms. The highest BCUT2D eigenvalue weighted by atomic mass is 31.2. The fourth-order valence-corrected chi connectivity index (χ4v) is 4.98. The molecular formula is C26H34N7O7P. The van der Waals surface area contributed by atoms with Gasteiger partial charge in [-0.3, -0.25) is 13.9 Å². The van der Waals surface area contributed by atoms with Gasteiger partial charge in [0, 0.05) is 13.0 Å². The summed E-state index contributed by atoms with van der Waals surface area (Å²) in [6.07, 6.45) is 7.83. The Morgan fingerprint density at radius 2 is 2.07 bits per heavy atom. The summed E-state index contributed by atoms with van der Waals surface area (Å²) in [5.74, 6) is -0.304. The molecule has 1 aromatic carbocycles. The number of imidazole rings is 1. The summed E-state index contributed by atoms with van der Waals surface area (Å²) in [7, 11) is -4.84. The normalized spacial score (nSPS) is 19.7. The van der Waals surface area contributed by atoms with E-state index in [-0.39, 0.29) is 25.4 Å². The van der Waals surface area contributed by atoms with Crippen LogP contribution in [0.15, 0.2) is 53.7 Å². The molecule has 3 aromatic rings. The maximum absolute atomic E-state index is 12.4. The van der Waals surface area contributed by atoms with Crippen molar-refractivity contribution in [1.82, 2.24) is 24.8 Å². The third-order valence-electron chi connectivity index (χ3n) is 6.36. The first kappa shape index (κ1) is 30.3. The number of fused-ring (bicyclic) bond motifs is 1. The monoisotopic (exact) mass is 587 g/mol. The number of allylic oxidation sites excluding steroid dienone is 1. The number of nitrogens with zero attached hydrogens (tertiary/aromatic N) is 5. The molecule has 0 spiro atoms. The number of phosphoric acid groups is 1. The molecule has 0 bridgehead atoms. The number of unbranched alkanes of at least 4 members (excludes halogenated alkanes) is 2. The van der Waals surface area contributed by atoms with Gasteiger partial charge in [-0.1, -0.05) is 61.3 Å². The number of hydrogen-bond acceptors (Lipinski definition) is 10. The zero-order valence-corrected chi connectivity index (χ0v) is 23.5. The van der Waals surface area contributed by atoms with Gasteiger partial charge < -0.3 is 30.4 Å². The van der Waals surface area contributed by atoms with Crippen molar-refractivity contribution in [1.29, 1.82) is 0 Å². The van der Waals surface area contributed by atoms with Gasteiger partial charge in [-0.15, -0.1) is 0 Å². The van der Waals surface area contributed by atoms with E-state index in [0.717, 1.165) is 36.8 Å². The lowest BCUT2D eigenvalue weighted by molar-refractivity contribution is -0.126. The van der Waals surface area contributed by atoms with Crippen molar-refractivity contribution in [2.75, 3.05) is 18.9 Å². The van der Waals surface area contributed by atoms with E-state index < -0.39 is 32.2 Å². The van der Waals surface area contributed by atoms with Gasteiger partial charge in [-0.25, -0.2) is 19.5 Å². The molecule has 0 aliphatic carbocycles. The number of nitrogens with two attached hydrogens (primary N) is 1. The molecule has 1 fully saturated rings. The SMILES string of the molecule is CCCCCC(=C/c1ccccc1)/C=N/OCC(=O)NC[C@H]1O[C@@H](n2cnc3c(N)ncnc32)C[C@@H]1OP(=O)(O)O. The van der Waals surface area contributed by atoms with Crippen molar-refractivity contribution < 1.29 is 33.2 Å². The Labute approximate surface area is 236 Å². The van der Waals surface area contributed by atoms with Crippen LogP contribution in [0.5, 0.6) is 0 Å². The molecule has 0 radical (unpaired) electrons. The highest BCUT2D eigenvalue weighted by molar-refractivity contribution is 7.46. The minimum Gasteiger partial charge on any atom is -0.386 e. The number of benzene rings is 1. The van der Waals surface area contributed by atoms with Crippen molar-refractivity contribution in [3.8, 4) is 0 Å². The first-order chi connectivity index (χ1) is 19.7. The number of phosphoric ester groups is 1. The van der Waals surface area contributed by atoms with Crippen LogP contribution in [0.2, 0.25) is 0 Å². The number of ether oxygens (including phenoxy) is 1. The molecule has 4 rings (SSSR count). The fraction of sp³-hybridized carbons (Fsp3) is 0.423. The number of carbonyl (C=O) groups excluding carboxylic acids is 1. The molecule has 5 N–H and O–H groups in total. The summed E-state index contributed by atoms with van der Waals surface area (Å²) in [4.78, 5) is 48.7. The minimum absolute atomic E-state index is 0.0658. The summed E-state index contributed by atoms with van der Waals surface area (Å²) in [6.45, 7) is 1.69. The van der Waals surface area contributed by atoms with Crippen LogP contribution in [-0.2, 0) is 23.5 Å². The van der Waals surface area contributed by atoms with Gasteiger partial charge in [-0.05, 0) is 24.0 Å². The Hall–Kier alpha value is -3.68. The van der Waals surface area contributed by atoms with E-state index in [0.29, 0.717) is 11.2 Å². The van der Waals surface area contributed by atoms with Gasteiger partial charge >= 0.3 is 7.82 Å². The van der Waals surface area contributed by atoms with Crippen LogP contribution >= 0.6 is 7.82 Å². The summed E-state index contributed by atoms with van der Waals surface area (Å²) in [5, 5.41) is 6.61. The number of hydrogen-bond donors (Lipinski definition) is 4. The van der Waals surface area contributed by atoms with Gasteiger partial charge in [0.15, 0.2) is 18.1 Å². The quantitative estimate of drug-likeness (QED) is 0.0936. The fourth-order valence-electron chi connectivity index (χ4n) is 4.40. The molecular weight excluding hydrogens is 553 g/mol. The van der Waals surface area contributed by atoms with Crippen molar-refractivity contribution in [3.05, 3.63) is 54.1 Å². The predicted octanol–water partition coefficient (Wildman–Crippen LogP) is 2.96. The van der Waals surface area contributed by atoms with E-state index in [1.807, 2.05) is 36.4 Å². The van der Waals surface area contributed by atoms with Gasteiger partial charge in [0.05, 0.1) is 12.5 Å². The first-order valence-corrected chi connectivity index (χ1v) is 14.8. The molecule has 1 amide bonds. The Kier molecular flexibility index (Phi) is 10.6. The molecule has 1 aliphatic rings. The van der Waals surface area contributed by atoms with Gasteiger partial charge in [0.1, 0.15) is 30.3 Å². The second kappa shape index (κ2) is 14.3. The second-order valence-corrected chi connectivity index (χ2v) is 10.7. The molecule has 1 saturated heterocycles. The Balaban J connectivity index is 1.33. The summed E-state index contributed by atoms with van der Waals surface area (Å²) < 4.78 is 24.1. The molecule has 2 aromatic heterocycles. The smallest absolute Gasteiger partial charge is 0.386 e. The van der Waals surface area contributed by atoms with Crippen molar-refractivity contribution in [2.45, 2.75) is 57.5 Å². The van der Waals surface area contributed by atoms with E-state index in [1.54, 1.807) is 10.8 Å². The van der Waals surface area contributed by atoms with Crippen LogP contribution < -0.4 is 11.1 Å². The van der Waals surface area contributed by atoms with Crippen LogP contribution in [0.25, 0.3) is 17.2 Å². The van der Waals surface area contributed by atoms with E-state index in [9.17, 15) is 19.1 Å². The van der Waals surface area contributed by atoms with E-state index in [2.05, 4.69) is 32.3 Å². The number of oxime groups is 1. The number of aromatic nitrogens is 4. The summed E-state index contributed by atoms with van der Waals surface area (Å²) >= 11 is 0. The maximum Gasteiger partial charge on any atom is 0.469 e. The maximum atomic E-state index is 12.4. The number of nitrogen functional groups attached to an aromatic ring is 1. The molecule has 0 saturated carbocycles. The summed E-state index contributed by atoms with van der Waals surface area (Å²) in [5.41, 5.74) is 8.63. The van der Waals surface area contributed by atoms with Gasteiger partial charge in [0.25, 0.3) is 5.91 Å². The largest absolute Gasteiger partial charge is 0.469 e. The molecule has 220 valence electrons. The molecule has 3 atom stereocenters. The lowest BCUT2D eigenvalue weighted by Gasteiger charge is -2.19. The Morgan fingerprint density at radius 1 is 1.27 bits per heavy atom.